The maximum absolute atomic E-state index is 12.6. The lowest BCUT2D eigenvalue weighted by Gasteiger charge is -2.13. The fourth-order valence-electron chi connectivity index (χ4n) is 2.25. The van der Waals surface area contributed by atoms with E-state index in [2.05, 4.69) is 0 Å². The van der Waals surface area contributed by atoms with Gasteiger partial charge in [-0.25, -0.2) is 0 Å². The zero-order valence-corrected chi connectivity index (χ0v) is 9.29. The molecule has 0 radical (unpaired) electrons. The molecule has 0 spiro atoms. The molecule has 2 rings (SSSR count). The number of alkyl halides is 3. The van der Waals surface area contributed by atoms with Crippen LogP contribution in [0.25, 0.3) is 0 Å². The molecule has 1 aliphatic heterocycles. The van der Waals surface area contributed by atoms with Crippen LogP contribution in [-0.2, 0) is 11.0 Å². The maximum Gasteiger partial charge on any atom is 0.416 e. The minimum absolute atomic E-state index is 0.130. The molecule has 1 aromatic carbocycles. The Bertz CT molecular complexity index is 442. The summed E-state index contributed by atoms with van der Waals surface area (Å²) < 4.78 is 37.7. The minimum atomic E-state index is -4.33. The van der Waals surface area contributed by atoms with E-state index in [1.165, 1.54) is 6.07 Å². The number of carbonyl (C=O) groups excluding carboxylic acids is 1. The normalized spacial score (nSPS) is 19.3. The summed E-state index contributed by atoms with van der Waals surface area (Å²) in [7, 11) is 1.82. The molecular weight excluding hydrogens is 231 g/mol. The van der Waals surface area contributed by atoms with Crippen molar-refractivity contribution in [3.8, 4) is 0 Å². The highest BCUT2D eigenvalue weighted by molar-refractivity contribution is 5.64. The second-order valence-electron chi connectivity index (χ2n) is 4.25. The van der Waals surface area contributed by atoms with Gasteiger partial charge in [0.15, 0.2) is 0 Å². The van der Waals surface area contributed by atoms with E-state index in [0.717, 1.165) is 24.1 Å². The largest absolute Gasteiger partial charge is 0.416 e. The average molecular weight is 243 g/mol. The van der Waals surface area contributed by atoms with E-state index in [1.807, 2.05) is 11.9 Å². The number of fused-ring (bicyclic) bond motifs is 1. The molecule has 0 N–H and O–H groups in total. The van der Waals surface area contributed by atoms with Crippen molar-refractivity contribution in [1.29, 1.82) is 0 Å². The van der Waals surface area contributed by atoms with Crippen LogP contribution in [0.4, 0.5) is 18.9 Å². The van der Waals surface area contributed by atoms with E-state index in [4.69, 9.17) is 0 Å². The van der Waals surface area contributed by atoms with Crippen LogP contribution >= 0.6 is 0 Å². The molecule has 17 heavy (non-hydrogen) atoms. The van der Waals surface area contributed by atoms with Crippen molar-refractivity contribution in [2.75, 3.05) is 18.5 Å². The molecule has 1 heterocycles. The Morgan fingerprint density at radius 1 is 1.47 bits per heavy atom. The smallest absolute Gasteiger partial charge is 0.374 e. The number of carbonyl (C=O) groups is 1. The molecule has 5 heteroatoms. The van der Waals surface area contributed by atoms with Gasteiger partial charge in [-0.1, -0.05) is 0 Å². The van der Waals surface area contributed by atoms with Crippen LogP contribution in [-0.4, -0.2) is 19.9 Å². The summed E-state index contributed by atoms with van der Waals surface area (Å²) in [5, 5.41) is 0. The highest BCUT2D eigenvalue weighted by Crippen LogP contribution is 2.40. The van der Waals surface area contributed by atoms with E-state index in [1.54, 1.807) is 0 Å². The van der Waals surface area contributed by atoms with Crippen molar-refractivity contribution >= 4 is 12.0 Å². The number of likely N-dealkylation sites (N-methyl/N-ethyl adjacent to an activating group) is 1. The van der Waals surface area contributed by atoms with Gasteiger partial charge in [0.25, 0.3) is 0 Å². The van der Waals surface area contributed by atoms with Gasteiger partial charge in [-0.05, 0) is 23.8 Å². The molecule has 1 aromatic rings. The monoisotopic (exact) mass is 243 g/mol. The number of halogens is 3. The molecule has 1 unspecified atom stereocenters. The Morgan fingerprint density at radius 3 is 2.76 bits per heavy atom. The standard InChI is InChI=1S/C12H12F3NO/c1-16-7-8(4-5-17)10-6-9(12(13,14)15)2-3-11(10)16/h2-3,5-6,8H,4,7H2,1H3. The Kier molecular flexibility index (Phi) is 2.85. The van der Waals surface area contributed by atoms with Gasteiger partial charge in [-0.3, -0.25) is 0 Å². The number of aldehydes is 1. The lowest BCUT2D eigenvalue weighted by Crippen LogP contribution is -2.15. The molecule has 0 saturated carbocycles. The third-order valence-electron chi connectivity index (χ3n) is 3.08. The van der Waals surface area contributed by atoms with E-state index >= 15 is 0 Å². The third-order valence-corrected chi connectivity index (χ3v) is 3.08. The maximum atomic E-state index is 12.6. The summed E-state index contributed by atoms with van der Waals surface area (Å²) in [5.74, 6) is -0.130. The Balaban J connectivity index is 2.43. The lowest BCUT2D eigenvalue weighted by molar-refractivity contribution is -0.137. The summed E-state index contributed by atoms with van der Waals surface area (Å²) in [6.45, 7) is 0.593. The van der Waals surface area contributed by atoms with Gasteiger partial charge in [0.2, 0.25) is 0 Å². The first-order valence-corrected chi connectivity index (χ1v) is 5.29. The van der Waals surface area contributed by atoms with E-state index in [0.29, 0.717) is 12.1 Å². The highest BCUT2D eigenvalue weighted by atomic mass is 19.4. The SMILES string of the molecule is CN1CC(CC=O)c2cc(C(F)(F)F)ccc21. The number of hydrogen-bond acceptors (Lipinski definition) is 2. The van der Waals surface area contributed by atoms with Crippen LogP contribution in [0.2, 0.25) is 0 Å². The van der Waals surface area contributed by atoms with Crippen LogP contribution in [0.5, 0.6) is 0 Å². The first kappa shape index (κ1) is 12.0. The van der Waals surface area contributed by atoms with Gasteiger partial charge >= 0.3 is 6.18 Å². The molecule has 92 valence electrons. The van der Waals surface area contributed by atoms with Gasteiger partial charge < -0.3 is 9.69 Å². The first-order valence-electron chi connectivity index (χ1n) is 5.29. The number of rotatable bonds is 2. The molecule has 0 bridgehead atoms. The Morgan fingerprint density at radius 2 is 2.18 bits per heavy atom. The first-order chi connectivity index (χ1) is 7.93. The number of benzene rings is 1. The Hall–Kier alpha value is -1.52. The van der Waals surface area contributed by atoms with Crippen LogP contribution < -0.4 is 4.90 Å². The van der Waals surface area contributed by atoms with Crippen LogP contribution in [0.15, 0.2) is 18.2 Å². The van der Waals surface area contributed by atoms with E-state index in [9.17, 15) is 18.0 Å². The zero-order chi connectivity index (χ0) is 12.6. The molecule has 0 saturated heterocycles. The molecule has 0 aromatic heterocycles. The molecule has 1 aliphatic rings. The van der Waals surface area contributed by atoms with Crippen LogP contribution in [0.3, 0.4) is 0 Å². The number of hydrogen-bond donors (Lipinski definition) is 0. The van der Waals surface area contributed by atoms with Crippen molar-refractivity contribution in [2.24, 2.45) is 0 Å². The average Bonchev–Trinajstić information content (AvgIpc) is 2.55. The van der Waals surface area contributed by atoms with E-state index in [-0.39, 0.29) is 12.3 Å². The molecule has 2 nitrogen and oxygen atoms in total. The summed E-state index contributed by atoms with van der Waals surface area (Å²) in [5.41, 5.74) is 0.752. The topological polar surface area (TPSA) is 20.3 Å². The van der Waals surface area contributed by atoms with Gasteiger partial charge in [-0.15, -0.1) is 0 Å². The quantitative estimate of drug-likeness (QED) is 0.744. The predicted molar refractivity (Wildman–Crippen MR) is 58.1 cm³/mol. The Labute approximate surface area is 97.0 Å². The predicted octanol–water partition coefficient (Wildman–Crippen LogP) is 2.83. The van der Waals surface area contributed by atoms with Gasteiger partial charge in [0.1, 0.15) is 6.29 Å². The fourth-order valence-corrected chi connectivity index (χ4v) is 2.25. The fraction of sp³-hybridized carbons (Fsp3) is 0.417. The van der Waals surface area contributed by atoms with Crippen molar-refractivity contribution < 1.29 is 18.0 Å². The molecule has 0 amide bonds. The lowest BCUT2D eigenvalue weighted by atomic mass is 9.97. The summed E-state index contributed by atoms with van der Waals surface area (Å²) >= 11 is 0. The van der Waals surface area contributed by atoms with Crippen LogP contribution in [0.1, 0.15) is 23.5 Å². The molecular formula is C12H12F3NO. The third kappa shape index (κ3) is 2.14. The number of anilines is 1. The zero-order valence-electron chi connectivity index (χ0n) is 9.29. The van der Waals surface area contributed by atoms with E-state index < -0.39 is 11.7 Å². The molecule has 0 fully saturated rings. The molecule has 0 aliphatic carbocycles. The number of nitrogens with zero attached hydrogens (tertiary/aromatic N) is 1. The van der Waals surface area contributed by atoms with Crippen LogP contribution in [0, 0.1) is 0 Å². The molecule has 1 atom stereocenters. The second kappa shape index (κ2) is 4.05. The second-order valence-corrected chi connectivity index (χ2v) is 4.25. The highest BCUT2D eigenvalue weighted by Gasteiger charge is 2.34. The van der Waals surface area contributed by atoms with Crippen molar-refractivity contribution in [2.45, 2.75) is 18.5 Å². The van der Waals surface area contributed by atoms with Crippen molar-refractivity contribution in [3.63, 3.8) is 0 Å². The minimum Gasteiger partial charge on any atom is -0.374 e. The van der Waals surface area contributed by atoms with Gasteiger partial charge in [0.05, 0.1) is 5.56 Å². The summed E-state index contributed by atoms with van der Waals surface area (Å²) in [6, 6.07) is 3.72. The van der Waals surface area contributed by atoms with Crippen molar-refractivity contribution in [3.05, 3.63) is 29.3 Å². The van der Waals surface area contributed by atoms with Gasteiger partial charge in [0, 0.05) is 31.6 Å². The summed E-state index contributed by atoms with van der Waals surface area (Å²) in [4.78, 5) is 12.4. The van der Waals surface area contributed by atoms with Crippen molar-refractivity contribution in [1.82, 2.24) is 0 Å². The van der Waals surface area contributed by atoms with Gasteiger partial charge in [-0.2, -0.15) is 13.2 Å². The summed E-state index contributed by atoms with van der Waals surface area (Å²) in [6.07, 6.45) is -3.31.